The third kappa shape index (κ3) is 4.73. The summed E-state index contributed by atoms with van der Waals surface area (Å²) in [5.74, 6) is -0.0229. The van der Waals surface area contributed by atoms with E-state index in [0.29, 0.717) is 19.5 Å². The van der Waals surface area contributed by atoms with E-state index in [-0.39, 0.29) is 5.91 Å². The van der Waals surface area contributed by atoms with Crippen molar-refractivity contribution in [2.45, 2.75) is 6.42 Å². The van der Waals surface area contributed by atoms with Crippen LogP contribution in [0.5, 0.6) is 0 Å². The highest BCUT2D eigenvalue weighted by atomic mass is 79.9. The van der Waals surface area contributed by atoms with E-state index in [9.17, 15) is 4.79 Å². The second-order valence-corrected chi connectivity index (χ2v) is 9.43. The van der Waals surface area contributed by atoms with E-state index in [1.165, 1.54) is 0 Å². The monoisotopic (exact) mass is 478 g/mol. The van der Waals surface area contributed by atoms with Gasteiger partial charge in [0, 0.05) is 28.3 Å². The molecule has 1 amide bonds. The van der Waals surface area contributed by atoms with Crippen molar-refractivity contribution < 1.29 is 4.79 Å². The lowest BCUT2D eigenvalue weighted by Gasteiger charge is -2.04. The molecule has 9 heteroatoms. The molecule has 0 aliphatic carbocycles. The normalized spacial score (nSPS) is 11.0. The van der Waals surface area contributed by atoms with Crippen LogP contribution in [-0.4, -0.2) is 29.0 Å². The zero-order valence-electron chi connectivity index (χ0n) is 14.1. The summed E-state index contributed by atoms with van der Waals surface area (Å²) in [6, 6.07) is 10.1. The van der Waals surface area contributed by atoms with E-state index in [2.05, 4.69) is 42.6 Å². The van der Waals surface area contributed by atoms with Crippen molar-refractivity contribution in [3.05, 3.63) is 51.3 Å². The molecule has 0 bridgehead atoms. The Morgan fingerprint density at radius 1 is 1.11 bits per heavy atom. The maximum absolute atomic E-state index is 12.1. The van der Waals surface area contributed by atoms with Crippen LogP contribution in [-0.2, 0) is 11.2 Å². The molecule has 0 spiro atoms. The number of carbonyl (C=O) groups is 1. The number of nitrogens with one attached hydrogen (secondary N) is 2. The second kappa shape index (κ2) is 8.47. The minimum absolute atomic E-state index is 0.0229. The van der Waals surface area contributed by atoms with Crippen LogP contribution in [0.1, 0.15) is 5.69 Å². The third-order valence-corrected chi connectivity index (χ3v) is 7.43. The minimum Gasteiger partial charge on any atom is -0.360 e. The smallest absolute Gasteiger partial charge is 0.226 e. The molecule has 1 aromatic carbocycles. The van der Waals surface area contributed by atoms with Gasteiger partial charge < -0.3 is 10.6 Å². The molecule has 3 heterocycles. The summed E-state index contributed by atoms with van der Waals surface area (Å²) >= 11 is 8.27. The van der Waals surface area contributed by atoms with E-state index in [1.807, 2.05) is 35.0 Å². The number of nitrogens with zero attached hydrogens (tertiary/aromatic N) is 2. The number of benzene rings is 1. The Morgan fingerprint density at radius 3 is 2.81 bits per heavy atom. The van der Waals surface area contributed by atoms with Crippen LogP contribution in [0.4, 0.5) is 5.13 Å². The van der Waals surface area contributed by atoms with E-state index in [4.69, 9.17) is 0 Å². The molecule has 138 valence electrons. The Balaban J connectivity index is 1.23. The molecule has 0 radical (unpaired) electrons. The molecule has 0 unspecified atom stereocenters. The van der Waals surface area contributed by atoms with Gasteiger partial charge in [-0.25, -0.2) is 9.97 Å². The number of hydrogen-bond donors (Lipinski definition) is 2. The van der Waals surface area contributed by atoms with Crippen molar-refractivity contribution in [2.24, 2.45) is 0 Å². The van der Waals surface area contributed by atoms with Crippen LogP contribution in [0.25, 0.3) is 20.1 Å². The zero-order chi connectivity index (χ0) is 18.6. The van der Waals surface area contributed by atoms with Gasteiger partial charge in [0.15, 0.2) is 5.13 Å². The maximum Gasteiger partial charge on any atom is 0.226 e. The first-order valence-corrected chi connectivity index (χ1v) is 11.6. The molecule has 0 aliphatic rings. The number of halogens is 1. The number of thiophene rings is 1. The Hall–Kier alpha value is -1.81. The van der Waals surface area contributed by atoms with Gasteiger partial charge in [-0.05, 0) is 34.1 Å². The van der Waals surface area contributed by atoms with Gasteiger partial charge in [0.1, 0.15) is 5.01 Å². The van der Waals surface area contributed by atoms with Crippen LogP contribution >= 0.6 is 49.9 Å². The molecule has 0 saturated heterocycles. The first-order valence-electron chi connectivity index (χ1n) is 8.22. The summed E-state index contributed by atoms with van der Waals surface area (Å²) in [5.41, 5.74) is 1.79. The van der Waals surface area contributed by atoms with Crippen LogP contribution in [0, 0.1) is 0 Å². The van der Waals surface area contributed by atoms with E-state index in [1.54, 1.807) is 34.0 Å². The van der Waals surface area contributed by atoms with Gasteiger partial charge in [-0.15, -0.1) is 22.7 Å². The first-order chi connectivity index (χ1) is 13.2. The van der Waals surface area contributed by atoms with Crippen molar-refractivity contribution in [3.8, 4) is 9.88 Å². The number of para-hydroxylation sites is 1. The van der Waals surface area contributed by atoms with Gasteiger partial charge >= 0.3 is 0 Å². The number of aromatic nitrogens is 2. The van der Waals surface area contributed by atoms with Crippen molar-refractivity contribution in [2.75, 3.05) is 18.4 Å². The number of rotatable bonds is 7. The summed E-state index contributed by atoms with van der Waals surface area (Å²) in [6.45, 7) is 1.18. The fourth-order valence-corrected chi connectivity index (χ4v) is 5.69. The topological polar surface area (TPSA) is 66.9 Å². The summed E-state index contributed by atoms with van der Waals surface area (Å²) < 4.78 is 2.21. The summed E-state index contributed by atoms with van der Waals surface area (Å²) in [5, 5.41) is 12.0. The molecule has 5 nitrogen and oxygen atoms in total. The predicted octanol–water partition coefficient (Wildman–Crippen LogP) is 5.01. The number of hydrogen-bond acceptors (Lipinski definition) is 7. The lowest BCUT2D eigenvalue weighted by molar-refractivity contribution is -0.120. The van der Waals surface area contributed by atoms with Crippen molar-refractivity contribution in [1.29, 1.82) is 0 Å². The molecule has 27 heavy (non-hydrogen) atoms. The lowest BCUT2D eigenvalue weighted by Crippen LogP contribution is -2.30. The highest BCUT2D eigenvalue weighted by molar-refractivity contribution is 9.10. The molecule has 0 aliphatic heterocycles. The van der Waals surface area contributed by atoms with Crippen LogP contribution in [0.2, 0.25) is 0 Å². The largest absolute Gasteiger partial charge is 0.360 e. The predicted molar refractivity (Wildman–Crippen MR) is 118 cm³/mol. The quantitative estimate of drug-likeness (QED) is 0.366. The molecule has 2 N–H and O–H groups in total. The molecular weight excluding hydrogens is 464 g/mol. The summed E-state index contributed by atoms with van der Waals surface area (Å²) in [7, 11) is 0. The van der Waals surface area contributed by atoms with Gasteiger partial charge in [0.2, 0.25) is 5.91 Å². The Labute approximate surface area is 176 Å². The Bertz CT molecular complexity index is 1040. The average molecular weight is 479 g/mol. The Morgan fingerprint density at radius 2 is 2.00 bits per heavy atom. The van der Waals surface area contributed by atoms with Crippen molar-refractivity contribution >= 4 is 71.2 Å². The highest BCUT2D eigenvalue weighted by Crippen LogP contribution is 2.32. The average Bonchev–Trinajstić information content (AvgIpc) is 3.37. The number of thiazole rings is 2. The van der Waals surface area contributed by atoms with Gasteiger partial charge in [0.25, 0.3) is 0 Å². The molecule has 3 aromatic heterocycles. The van der Waals surface area contributed by atoms with Crippen molar-refractivity contribution in [1.82, 2.24) is 15.3 Å². The van der Waals surface area contributed by atoms with Gasteiger partial charge in [-0.2, -0.15) is 0 Å². The molecule has 0 fully saturated rings. The zero-order valence-corrected chi connectivity index (χ0v) is 18.1. The molecule has 0 saturated carbocycles. The fourth-order valence-electron chi connectivity index (χ4n) is 2.47. The number of carbonyl (C=O) groups excluding carboxylic acids is 1. The molecule has 0 atom stereocenters. The molecular formula is C18H15BrN4OS3. The first kappa shape index (κ1) is 18.5. The second-order valence-electron chi connectivity index (χ2n) is 5.71. The Kier molecular flexibility index (Phi) is 5.82. The maximum atomic E-state index is 12.1. The summed E-state index contributed by atoms with van der Waals surface area (Å²) in [4.78, 5) is 22.3. The van der Waals surface area contributed by atoms with E-state index in [0.717, 1.165) is 35.4 Å². The van der Waals surface area contributed by atoms with Crippen molar-refractivity contribution in [3.63, 3.8) is 0 Å². The standard InChI is InChI=1S/C18H15BrN4OS3/c19-11-7-15(25-9-11)17-22-12(10-26-17)8-16(24)20-5-6-21-18-23-13-3-1-2-4-14(13)27-18/h1-4,7,9-10H,5-6,8H2,(H,20,24)(H,21,23). The van der Waals surface area contributed by atoms with Crippen LogP contribution in [0.3, 0.4) is 0 Å². The molecule has 4 rings (SSSR count). The number of anilines is 1. The van der Waals surface area contributed by atoms with E-state index < -0.39 is 0 Å². The van der Waals surface area contributed by atoms with Crippen LogP contribution < -0.4 is 10.6 Å². The minimum atomic E-state index is -0.0229. The van der Waals surface area contributed by atoms with Crippen LogP contribution in [0.15, 0.2) is 45.6 Å². The van der Waals surface area contributed by atoms with E-state index >= 15 is 0 Å². The summed E-state index contributed by atoms with van der Waals surface area (Å²) in [6.07, 6.45) is 0.296. The van der Waals surface area contributed by atoms with Gasteiger partial charge in [0.05, 0.1) is 27.2 Å². The SMILES string of the molecule is O=C(Cc1csc(-c2cc(Br)cs2)n1)NCCNc1nc2ccccc2s1. The highest BCUT2D eigenvalue weighted by Gasteiger charge is 2.10. The number of amides is 1. The molecule has 4 aromatic rings. The van der Waals surface area contributed by atoms with Gasteiger partial charge in [-0.1, -0.05) is 23.5 Å². The van der Waals surface area contributed by atoms with Gasteiger partial charge in [-0.3, -0.25) is 4.79 Å². The third-order valence-electron chi connectivity index (χ3n) is 3.69. The fraction of sp³-hybridized carbons (Fsp3) is 0.167. The number of fused-ring (bicyclic) bond motifs is 1. The lowest BCUT2D eigenvalue weighted by atomic mass is 10.3.